The molecule has 3 aromatic carbocycles. The van der Waals surface area contributed by atoms with E-state index in [9.17, 15) is 4.21 Å². The molecule has 3 heteroatoms. The monoisotopic (exact) mass is 383 g/mol. The predicted molar refractivity (Wildman–Crippen MR) is 118 cm³/mol. The molecule has 28 heavy (non-hydrogen) atoms. The fourth-order valence-corrected chi connectivity index (χ4v) is 5.64. The van der Waals surface area contributed by atoms with Gasteiger partial charge in [0.2, 0.25) is 0 Å². The summed E-state index contributed by atoms with van der Waals surface area (Å²) in [5, 5.41) is 2.40. The zero-order chi connectivity index (χ0) is 18.9. The zero-order valence-corrected chi connectivity index (χ0v) is 16.4. The first kappa shape index (κ1) is 17.3. The summed E-state index contributed by atoms with van der Waals surface area (Å²) in [5.41, 5.74) is 4.23. The number of nitrogens with zero attached hydrogens (tertiary/aromatic N) is 1. The second-order valence-corrected chi connectivity index (χ2v) is 8.89. The van der Waals surface area contributed by atoms with Gasteiger partial charge in [0.05, 0.1) is 26.6 Å². The van der Waals surface area contributed by atoms with Crippen molar-refractivity contribution in [3.63, 3.8) is 0 Å². The summed E-state index contributed by atoms with van der Waals surface area (Å²) < 4.78 is 13.5. The van der Waals surface area contributed by atoms with Crippen LogP contribution in [0.4, 0.5) is 5.69 Å². The first-order valence-electron chi connectivity index (χ1n) is 9.71. The minimum atomic E-state index is -1.11. The van der Waals surface area contributed by atoms with Gasteiger partial charge in [-0.25, -0.2) is 0 Å². The molecule has 1 aliphatic heterocycles. The highest BCUT2D eigenvalue weighted by molar-refractivity contribution is 7.86. The van der Waals surface area contributed by atoms with Crippen LogP contribution < -0.4 is 0 Å². The van der Waals surface area contributed by atoms with E-state index in [1.54, 1.807) is 0 Å². The Hall–Kier alpha value is -2.78. The van der Waals surface area contributed by atoms with Crippen LogP contribution in [0.3, 0.4) is 0 Å². The Kier molecular flexibility index (Phi) is 4.53. The lowest BCUT2D eigenvalue weighted by Crippen LogP contribution is -2.22. The quantitative estimate of drug-likeness (QED) is 0.524. The molecular weight excluding hydrogens is 362 g/mol. The number of hydrogen-bond acceptors (Lipinski definition) is 2. The normalized spacial score (nSPS) is 21.6. The summed E-state index contributed by atoms with van der Waals surface area (Å²) in [5.74, 6) is 0. The SMILES string of the molecule is O=[S@]1c2ccccc2N=C(c2ccc3ccccc3c2)C[C@H]1C1=CC=CCC1. The van der Waals surface area contributed by atoms with Gasteiger partial charge in [0.15, 0.2) is 0 Å². The molecule has 0 spiro atoms. The van der Waals surface area contributed by atoms with Gasteiger partial charge in [-0.1, -0.05) is 72.3 Å². The molecule has 0 bridgehead atoms. The van der Waals surface area contributed by atoms with Crippen LogP contribution in [-0.2, 0) is 10.8 Å². The Morgan fingerprint density at radius 2 is 1.75 bits per heavy atom. The van der Waals surface area contributed by atoms with Crippen LogP contribution in [0.1, 0.15) is 24.8 Å². The number of allylic oxidation sites excluding steroid dienone is 3. The van der Waals surface area contributed by atoms with Crippen LogP contribution in [0.2, 0.25) is 0 Å². The number of fused-ring (bicyclic) bond motifs is 2. The fourth-order valence-electron chi connectivity index (χ4n) is 4.02. The van der Waals surface area contributed by atoms with Crippen LogP contribution >= 0.6 is 0 Å². The summed E-state index contributed by atoms with van der Waals surface area (Å²) in [4.78, 5) is 5.84. The zero-order valence-electron chi connectivity index (χ0n) is 15.5. The molecular formula is C25H21NOS. The van der Waals surface area contributed by atoms with Crippen LogP contribution in [-0.4, -0.2) is 15.2 Å². The van der Waals surface area contributed by atoms with Gasteiger partial charge >= 0.3 is 0 Å². The standard InChI is InChI=1S/C25H21NOS/c27-28-24-13-7-6-12-22(24)26-23(17-25(28)19-9-2-1-3-10-19)21-15-14-18-8-4-5-11-20(18)16-21/h1-2,4-9,11-16,25H,3,10,17H2/t25-,28-/m0/s1. The Morgan fingerprint density at radius 3 is 2.61 bits per heavy atom. The van der Waals surface area contributed by atoms with Crippen molar-refractivity contribution in [1.29, 1.82) is 0 Å². The van der Waals surface area contributed by atoms with E-state index in [1.165, 1.54) is 16.3 Å². The lowest BCUT2D eigenvalue weighted by atomic mass is 9.95. The van der Waals surface area contributed by atoms with Crippen molar-refractivity contribution in [2.45, 2.75) is 29.4 Å². The second-order valence-electron chi connectivity index (χ2n) is 7.29. The van der Waals surface area contributed by atoms with E-state index < -0.39 is 10.8 Å². The maximum Gasteiger partial charge on any atom is 0.0794 e. The summed E-state index contributed by atoms with van der Waals surface area (Å²) in [6.45, 7) is 0. The van der Waals surface area contributed by atoms with E-state index >= 15 is 0 Å². The molecule has 0 saturated carbocycles. The molecule has 3 aromatic rings. The summed E-state index contributed by atoms with van der Waals surface area (Å²) >= 11 is 0. The minimum Gasteiger partial charge on any atom is -0.254 e. The Morgan fingerprint density at radius 1 is 0.929 bits per heavy atom. The summed E-state index contributed by atoms with van der Waals surface area (Å²) in [6, 6.07) is 22.8. The second kappa shape index (κ2) is 7.33. The first-order chi connectivity index (χ1) is 13.8. The molecule has 0 fully saturated rings. The van der Waals surface area contributed by atoms with Gasteiger partial charge in [-0.05, 0) is 47.4 Å². The number of aliphatic imine (C=N–C) groups is 1. The largest absolute Gasteiger partial charge is 0.254 e. The highest BCUT2D eigenvalue weighted by Gasteiger charge is 2.29. The van der Waals surface area contributed by atoms with Gasteiger partial charge in [0.1, 0.15) is 0 Å². The molecule has 2 nitrogen and oxygen atoms in total. The topological polar surface area (TPSA) is 29.4 Å². The van der Waals surface area contributed by atoms with Gasteiger partial charge in [0.25, 0.3) is 0 Å². The molecule has 1 heterocycles. The molecule has 0 aromatic heterocycles. The van der Waals surface area contributed by atoms with Crippen molar-refractivity contribution in [3.05, 3.63) is 96.1 Å². The fraction of sp³-hybridized carbons (Fsp3) is 0.160. The van der Waals surface area contributed by atoms with Gasteiger partial charge in [-0.2, -0.15) is 0 Å². The number of para-hydroxylation sites is 1. The van der Waals surface area contributed by atoms with Gasteiger partial charge in [0, 0.05) is 12.1 Å². The average Bonchev–Trinajstić information content (AvgIpc) is 2.91. The van der Waals surface area contributed by atoms with Crippen molar-refractivity contribution in [2.24, 2.45) is 4.99 Å². The van der Waals surface area contributed by atoms with E-state index in [0.29, 0.717) is 6.42 Å². The van der Waals surface area contributed by atoms with Gasteiger partial charge in [-0.3, -0.25) is 9.20 Å². The van der Waals surface area contributed by atoms with Crippen LogP contribution in [0.25, 0.3) is 10.8 Å². The van der Waals surface area contributed by atoms with E-state index in [2.05, 4.69) is 60.7 Å². The lowest BCUT2D eigenvalue weighted by molar-refractivity contribution is 0.674. The van der Waals surface area contributed by atoms with Crippen LogP contribution in [0.5, 0.6) is 0 Å². The highest BCUT2D eigenvalue weighted by atomic mass is 32.2. The minimum absolute atomic E-state index is 0.0289. The molecule has 0 N–H and O–H groups in total. The molecule has 1 aliphatic carbocycles. The van der Waals surface area contributed by atoms with Crippen LogP contribution in [0.15, 0.2) is 100 Å². The Bertz CT molecular complexity index is 1170. The molecule has 5 rings (SSSR count). The maximum atomic E-state index is 13.5. The highest BCUT2D eigenvalue weighted by Crippen LogP contribution is 2.35. The third kappa shape index (κ3) is 3.16. The molecule has 0 unspecified atom stereocenters. The lowest BCUT2D eigenvalue weighted by Gasteiger charge is -2.20. The molecule has 0 amide bonds. The summed E-state index contributed by atoms with van der Waals surface area (Å²) in [7, 11) is -1.11. The van der Waals surface area contributed by atoms with Crippen LogP contribution in [0, 0.1) is 0 Å². The van der Waals surface area contributed by atoms with Gasteiger partial charge in [-0.15, -0.1) is 0 Å². The molecule has 138 valence electrons. The summed E-state index contributed by atoms with van der Waals surface area (Å²) in [6.07, 6.45) is 9.11. The molecule has 2 aliphatic rings. The smallest absolute Gasteiger partial charge is 0.0794 e. The molecule has 0 saturated heterocycles. The van der Waals surface area contributed by atoms with E-state index in [0.717, 1.165) is 34.7 Å². The number of rotatable bonds is 2. The number of hydrogen-bond donors (Lipinski definition) is 0. The Labute approximate surface area is 167 Å². The van der Waals surface area contributed by atoms with Crippen molar-refractivity contribution in [1.82, 2.24) is 0 Å². The van der Waals surface area contributed by atoms with E-state index in [1.807, 2.05) is 24.3 Å². The van der Waals surface area contributed by atoms with Crippen molar-refractivity contribution < 1.29 is 4.21 Å². The van der Waals surface area contributed by atoms with E-state index in [-0.39, 0.29) is 5.25 Å². The third-order valence-corrected chi connectivity index (χ3v) is 7.28. The van der Waals surface area contributed by atoms with Gasteiger partial charge < -0.3 is 0 Å². The first-order valence-corrected chi connectivity index (χ1v) is 10.9. The van der Waals surface area contributed by atoms with Crippen molar-refractivity contribution in [3.8, 4) is 0 Å². The van der Waals surface area contributed by atoms with E-state index in [4.69, 9.17) is 4.99 Å². The number of benzene rings is 3. The third-order valence-electron chi connectivity index (χ3n) is 5.52. The molecule has 0 radical (unpaired) electrons. The molecule has 2 atom stereocenters. The Balaban J connectivity index is 1.65. The predicted octanol–water partition coefficient (Wildman–Crippen LogP) is 6.12. The van der Waals surface area contributed by atoms with Crippen molar-refractivity contribution >= 4 is 33.0 Å². The average molecular weight is 384 g/mol. The van der Waals surface area contributed by atoms with Crippen molar-refractivity contribution in [2.75, 3.05) is 0 Å². The maximum absolute atomic E-state index is 13.5.